The summed E-state index contributed by atoms with van der Waals surface area (Å²) in [4.78, 5) is 0. The second-order valence-corrected chi connectivity index (χ2v) is 13.2. The molecule has 0 aliphatic rings. The van der Waals surface area contributed by atoms with Crippen molar-refractivity contribution in [1.82, 2.24) is 0 Å². The van der Waals surface area contributed by atoms with E-state index < -0.39 is 16.1 Å². The number of hydrogen-bond donors (Lipinski definition) is 0. The van der Waals surface area contributed by atoms with Crippen molar-refractivity contribution >= 4 is 37.3 Å². The highest BCUT2D eigenvalue weighted by molar-refractivity contribution is 7.04. The van der Waals surface area contributed by atoms with Crippen molar-refractivity contribution in [1.29, 1.82) is 0 Å². The molecule has 0 heterocycles. The quantitative estimate of drug-likeness (QED) is 0.618. The molecule has 0 amide bonds. The van der Waals surface area contributed by atoms with E-state index in [0.717, 1.165) is 0 Å². The van der Waals surface area contributed by atoms with Crippen molar-refractivity contribution in [3.05, 3.63) is 110 Å². The summed E-state index contributed by atoms with van der Waals surface area (Å²) in [7, 11) is -4.11. The van der Waals surface area contributed by atoms with Gasteiger partial charge in [-0.15, -0.1) is 39.5 Å². The maximum absolute atomic E-state index is 4.01. The lowest BCUT2D eigenvalue weighted by atomic mass is 10.1. The highest BCUT2D eigenvalue weighted by Crippen LogP contribution is 2.18. The van der Waals surface area contributed by atoms with Gasteiger partial charge in [-0.05, 0) is 21.1 Å². The smallest absolute Gasteiger partial charge is 0.106 e. The monoisotopic (exact) mass is 344 g/mol. The van der Waals surface area contributed by atoms with Gasteiger partial charge in [0.1, 0.15) is 0 Å². The van der Waals surface area contributed by atoms with E-state index in [1.807, 2.05) is 34.2 Å². The largest absolute Gasteiger partial charge is 0.156 e. The Morgan fingerprint density at radius 3 is 1.12 bits per heavy atom. The third kappa shape index (κ3) is 2.75. The maximum atomic E-state index is 4.01. The van der Waals surface area contributed by atoms with E-state index in [1.54, 1.807) is 0 Å². The van der Waals surface area contributed by atoms with Crippen LogP contribution in [0.2, 0.25) is 0 Å². The summed E-state index contributed by atoms with van der Waals surface area (Å²) in [6.45, 7) is 24.1. The zero-order valence-corrected chi connectivity index (χ0v) is 16.2. The molecule has 2 rings (SSSR count). The molecule has 2 heteroatoms. The molecule has 0 atom stereocenters. The SMILES string of the molecule is C=C[Si](C=C)(C=C)c1ccc2ccc([Si](C=C)(C=C)C=C)cc2c1. The summed E-state index contributed by atoms with van der Waals surface area (Å²) in [5, 5.41) is 4.91. The van der Waals surface area contributed by atoms with E-state index >= 15 is 0 Å². The van der Waals surface area contributed by atoms with E-state index in [-0.39, 0.29) is 0 Å². The number of rotatable bonds is 8. The standard InChI is InChI=1S/C22H24Si2/c1-7-23(8-2,9-3)21-15-13-19-14-16-22(18-20(19)17-21)24(10-4,11-5)12-6/h7-18H,1-6H2. The second-order valence-electron chi connectivity index (χ2n) is 5.87. The highest BCUT2D eigenvalue weighted by Gasteiger charge is 2.26. The van der Waals surface area contributed by atoms with Gasteiger partial charge >= 0.3 is 0 Å². The van der Waals surface area contributed by atoms with Crippen molar-refractivity contribution in [2.45, 2.75) is 0 Å². The molecule has 2 aromatic rings. The molecular formula is C22H24Si2. The fraction of sp³-hybridized carbons (Fsp3) is 0. The van der Waals surface area contributed by atoms with Gasteiger partial charge in [0.2, 0.25) is 0 Å². The molecule has 0 aromatic heterocycles. The molecule has 0 saturated heterocycles. The fourth-order valence-corrected chi connectivity index (χ4v) is 6.96. The minimum atomic E-state index is -2.06. The molecule has 0 bridgehead atoms. The summed E-state index contributed by atoms with van der Waals surface area (Å²) in [5.74, 6) is 0. The fourth-order valence-electron chi connectivity index (χ4n) is 2.99. The first kappa shape index (κ1) is 17.9. The van der Waals surface area contributed by atoms with Crippen molar-refractivity contribution < 1.29 is 0 Å². The normalized spacial score (nSPS) is 11.5. The molecule has 0 aliphatic heterocycles. The predicted molar refractivity (Wildman–Crippen MR) is 116 cm³/mol. The number of hydrogen-bond acceptors (Lipinski definition) is 0. The van der Waals surface area contributed by atoms with Crippen LogP contribution in [0.15, 0.2) is 110 Å². The van der Waals surface area contributed by atoms with Crippen LogP contribution in [0.3, 0.4) is 0 Å². The zero-order valence-electron chi connectivity index (χ0n) is 14.2. The molecule has 0 spiro atoms. The van der Waals surface area contributed by atoms with Crippen LogP contribution in [-0.2, 0) is 0 Å². The molecule has 0 saturated carbocycles. The van der Waals surface area contributed by atoms with Crippen LogP contribution in [-0.4, -0.2) is 16.1 Å². The van der Waals surface area contributed by atoms with Gasteiger partial charge in [-0.3, -0.25) is 0 Å². The second kappa shape index (κ2) is 6.99. The van der Waals surface area contributed by atoms with Gasteiger partial charge in [0.15, 0.2) is 16.1 Å². The summed E-state index contributed by atoms with van der Waals surface area (Å²) in [6.07, 6.45) is 0. The Bertz CT molecular complexity index is 732. The lowest BCUT2D eigenvalue weighted by Gasteiger charge is -2.23. The van der Waals surface area contributed by atoms with Crippen molar-refractivity contribution in [3.63, 3.8) is 0 Å². The first-order chi connectivity index (χ1) is 11.5. The molecule has 0 nitrogen and oxygen atoms in total. The van der Waals surface area contributed by atoms with Crippen LogP contribution in [0.1, 0.15) is 0 Å². The Hall–Kier alpha value is -2.43. The molecule has 0 radical (unpaired) electrons. The van der Waals surface area contributed by atoms with Crippen LogP contribution < -0.4 is 10.4 Å². The van der Waals surface area contributed by atoms with E-state index in [2.05, 4.69) is 75.9 Å². The summed E-state index contributed by atoms with van der Waals surface area (Å²) >= 11 is 0. The Labute approximate surface area is 147 Å². The van der Waals surface area contributed by atoms with Crippen LogP contribution in [0, 0.1) is 0 Å². The number of benzene rings is 2. The summed E-state index contributed by atoms with van der Waals surface area (Å²) < 4.78 is 0. The zero-order chi connectivity index (χ0) is 17.8. The molecule has 24 heavy (non-hydrogen) atoms. The molecule has 0 aliphatic carbocycles. The third-order valence-electron chi connectivity index (χ3n) is 4.87. The summed E-state index contributed by atoms with van der Waals surface area (Å²) in [5.41, 5.74) is 12.0. The molecular weight excluding hydrogens is 320 g/mol. The van der Waals surface area contributed by atoms with E-state index in [9.17, 15) is 0 Å². The van der Waals surface area contributed by atoms with Crippen LogP contribution in [0.4, 0.5) is 0 Å². The first-order valence-electron chi connectivity index (χ1n) is 7.91. The highest BCUT2D eigenvalue weighted by atomic mass is 28.3. The van der Waals surface area contributed by atoms with Gasteiger partial charge in [0, 0.05) is 0 Å². The molecule has 2 aromatic carbocycles. The van der Waals surface area contributed by atoms with Crippen molar-refractivity contribution in [3.8, 4) is 0 Å². The minimum absolute atomic E-state index is 1.20. The van der Waals surface area contributed by atoms with Gasteiger partial charge < -0.3 is 0 Å². The first-order valence-corrected chi connectivity index (χ1v) is 12.4. The van der Waals surface area contributed by atoms with Crippen molar-refractivity contribution in [2.75, 3.05) is 0 Å². The van der Waals surface area contributed by atoms with E-state index in [1.165, 1.54) is 21.1 Å². The Balaban J connectivity index is 2.72. The summed E-state index contributed by atoms with van der Waals surface area (Å²) in [6, 6.07) is 13.1. The molecule has 0 N–H and O–H groups in total. The Morgan fingerprint density at radius 1 is 0.500 bits per heavy atom. The van der Waals surface area contributed by atoms with Crippen LogP contribution in [0.25, 0.3) is 10.8 Å². The molecule has 0 fully saturated rings. The van der Waals surface area contributed by atoms with Gasteiger partial charge in [0.25, 0.3) is 0 Å². The maximum Gasteiger partial charge on any atom is 0.156 e. The lowest BCUT2D eigenvalue weighted by Crippen LogP contribution is -2.43. The van der Waals surface area contributed by atoms with Crippen molar-refractivity contribution in [2.24, 2.45) is 0 Å². The van der Waals surface area contributed by atoms with Gasteiger partial charge in [-0.1, -0.05) is 70.6 Å². The topological polar surface area (TPSA) is 0 Å². The Kier molecular flexibility index (Phi) is 5.22. The molecule has 0 unspecified atom stereocenters. The average Bonchev–Trinajstić information content (AvgIpc) is 2.65. The van der Waals surface area contributed by atoms with Gasteiger partial charge in [0.05, 0.1) is 0 Å². The third-order valence-corrected chi connectivity index (χ3v) is 11.5. The predicted octanol–water partition coefficient (Wildman–Crippen LogP) is 4.50. The van der Waals surface area contributed by atoms with Crippen LogP contribution in [0.5, 0.6) is 0 Å². The lowest BCUT2D eigenvalue weighted by molar-refractivity contribution is 1.78. The van der Waals surface area contributed by atoms with Gasteiger partial charge in [-0.2, -0.15) is 0 Å². The van der Waals surface area contributed by atoms with E-state index in [0.29, 0.717) is 0 Å². The minimum Gasteiger partial charge on any atom is -0.106 e. The Morgan fingerprint density at radius 2 is 0.833 bits per heavy atom. The van der Waals surface area contributed by atoms with Crippen LogP contribution >= 0.6 is 0 Å². The number of fused-ring (bicyclic) bond motifs is 1. The van der Waals surface area contributed by atoms with Gasteiger partial charge in [-0.25, -0.2) is 0 Å². The molecule has 120 valence electrons. The average molecular weight is 345 g/mol. The van der Waals surface area contributed by atoms with E-state index in [4.69, 9.17) is 0 Å².